The highest BCUT2D eigenvalue weighted by Crippen LogP contribution is 2.57. The molecule has 2 saturated carbocycles. The number of benzene rings is 1. The third-order valence-electron chi connectivity index (χ3n) is 6.94. The Morgan fingerprint density at radius 2 is 2.00 bits per heavy atom. The zero-order valence-electron chi connectivity index (χ0n) is 17.2. The highest BCUT2D eigenvalue weighted by Gasteiger charge is 2.51. The summed E-state index contributed by atoms with van der Waals surface area (Å²) in [5.74, 6) is 0.901. The van der Waals surface area contributed by atoms with Crippen molar-refractivity contribution in [1.82, 2.24) is 0 Å². The number of anilines is 1. The van der Waals surface area contributed by atoms with Crippen molar-refractivity contribution in [2.24, 2.45) is 17.8 Å². The van der Waals surface area contributed by atoms with E-state index < -0.39 is 0 Å². The summed E-state index contributed by atoms with van der Waals surface area (Å²) in [4.78, 5) is 27.3. The summed E-state index contributed by atoms with van der Waals surface area (Å²) in [6, 6.07) is 10.4. The zero-order valence-corrected chi connectivity index (χ0v) is 18.0. The van der Waals surface area contributed by atoms with Crippen LogP contribution in [0.25, 0.3) is 0 Å². The van der Waals surface area contributed by atoms with E-state index in [0.29, 0.717) is 48.6 Å². The molecule has 2 fully saturated rings. The van der Waals surface area contributed by atoms with Gasteiger partial charge in [-0.3, -0.25) is 4.79 Å². The van der Waals surface area contributed by atoms with Crippen molar-refractivity contribution < 1.29 is 19.1 Å². The molecule has 2 unspecified atom stereocenters. The van der Waals surface area contributed by atoms with Gasteiger partial charge in [0.05, 0.1) is 25.4 Å². The van der Waals surface area contributed by atoms with Gasteiger partial charge in [0.15, 0.2) is 0 Å². The van der Waals surface area contributed by atoms with Crippen LogP contribution in [-0.4, -0.2) is 25.1 Å². The van der Waals surface area contributed by atoms with Gasteiger partial charge in [-0.05, 0) is 61.5 Å². The number of amides is 1. The van der Waals surface area contributed by atoms with Crippen molar-refractivity contribution in [3.8, 4) is 0 Å². The second-order valence-corrected chi connectivity index (χ2v) is 9.62. The van der Waals surface area contributed by atoms with Gasteiger partial charge < -0.3 is 14.8 Å². The van der Waals surface area contributed by atoms with Gasteiger partial charge in [0.25, 0.3) is 0 Å². The van der Waals surface area contributed by atoms with Gasteiger partial charge in [-0.25, -0.2) is 4.79 Å². The van der Waals surface area contributed by atoms with Crippen LogP contribution in [0, 0.1) is 17.8 Å². The number of hydrogen-bond acceptors (Lipinski definition) is 5. The molecule has 1 aliphatic heterocycles. The molecule has 0 spiro atoms. The predicted octanol–water partition coefficient (Wildman–Crippen LogP) is 4.77. The van der Waals surface area contributed by atoms with Crippen LogP contribution in [0.15, 0.2) is 30.3 Å². The fourth-order valence-corrected chi connectivity index (χ4v) is 6.93. The average Bonchev–Trinajstić information content (AvgIpc) is 3.46. The van der Waals surface area contributed by atoms with Crippen LogP contribution in [0.4, 0.5) is 5.00 Å². The second-order valence-electron chi connectivity index (χ2n) is 8.52. The van der Waals surface area contributed by atoms with Crippen LogP contribution in [0.2, 0.25) is 0 Å². The van der Waals surface area contributed by atoms with Crippen molar-refractivity contribution in [3.63, 3.8) is 0 Å². The minimum Gasteiger partial charge on any atom is -0.462 e. The number of esters is 1. The lowest BCUT2D eigenvalue weighted by Crippen LogP contribution is -2.33. The van der Waals surface area contributed by atoms with Crippen molar-refractivity contribution >= 4 is 28.2 Å². The summed E-state index contributed by atoms with van der Waals surface area (Å²) in [5.41, 5.74) is 2.77. The van der Waals surface area contributed by atoms with E-state index in [9.17, 15) is 9.59 Å². The van der Waals surface area contributed by atoms with Crippen molar-refractivity contribution in [1.29, 1.82) is 0 Å². The Morgan fingerprint density at radius 3 is 2.80 bits per heavy atom. The van der Waals surface area contributed by atoms with E-state index in [1.54, 1.807) is 6.92 Å². The molecule has 2 aromatic rings. The lowest BCUT2D eigenvalue weighted by Gasteiger charge is -2.30. The summed E-state index contributed by atoms with van der Waals surface area (Å²) < 4.78 is 10.9. The molecule has 2 heterocycles. The Hall–Kier alpha value is -2.18. The van der Waals surface area contributed by atoms with Crippen molar-refractivity contribution in [2.75, 3.05) is 18.5 Å². The first-order chi connectivity index (χ1) is 14.7. The van der Waals surface area contributed by atoms with Gasteiger partial charge in [-0.1, -0.05) is 30.3 Å². The van der Waals surface area contributed by atoms with Gasteiger partial charge in [0.1, 0.15) is 5.00 Å². The Morgan fingerprint density at radius 1 is 1.20 bits per heavy atom. The number of carbonyl (C=O) groups is 2. The number of carbonyl (C=O) groups excluding carboxylic acids is 2. The minimum absolute atomic E-state index is 0.0427. The zero-order chi connectivity index (χ0) is 20.7. The van der Waals surface area contributed by atoms with Crippen LogP contribution in [0.5, 0.6) is 0 Å². The molecule has 5 rings (SSSR count). The first-order valence-electron chi connectivity index (χ1n) is 10.9. The van der Waals surface area contributed by atoms with Crippen LogP contribution in [0.3, 0.4) is 0 Å². The van der Waals surface area contributed by atoms with E-state index in [1.807, 2.05) is 6.07 Å². The minimum atomic E-state index is -0.347. The van der Waals surface area contributed by atoms with Crippen LogP contribution in [0.1, 0.15) is 58.5 Å². The molecule has 1 aromatic carbocycles. The van der Waals surface area contributed by atoms with E-state index >= 15 is 0 Å². The number of nitrogens with one attached hydrogen (secondary N) is 1. The van der Waals surface area contributed by atoms with E-state index in [0.717, 1.165) is 23.3 Å². The van der Waals surface area contributed by atoms with E-state index in [4.69, 9.17) is 9.47 Å². The largest absolute Gasteiger partial charge is 0.462 e. The molecule has 0 saturated heterocycles. The monoisotopic (exact) mass is 425 g/mol. The first kappa shape index (κ1) is 19.8. The summed E-state index contributed by atoms with van der Waals surface area (Å²) in [6.45, 7) is 3.20. The number of thiophene rings is 1. The maximum Gasteiger partial charge on any atom is 0.341 e. The fourth-order valence-electron chi connectivity index (χ4n) is 5.76. The fraction of sp³-hybridized carbons (Fsp3) is 0.500. The molecule has 5 nitrogen and oxygen atoms in total. The molecule has 2 aliphatic carbocycles. The van der Waals surface area contributed by atoms with E-state index in [1.165, 1.54) is 23.3 Å². The highest BCUT2D eigenvalue weighted by molar-refractivity contribution is 7.17. The molecular formula is C24H27NO4S. The average molecular weight is 426 g/mol. The number of rotatable bonds is 5. The first-order valence-corrected chi connectivity index (χ1v) is 11.7. The molecule has 0 radical (unpaired) electrons. The third-order valence-corrected chi connectivity index (χ3v) is 8.06. The van der Waals surface area contributed by atoms with Crippen LogP contribution < -0.4 is 5.32 Å². The third kappa shape index (κ3) is 3.36. The maximum absolute atomic E-state index is 13.5. The molecule has 30 heavy (non-hydrogen) atoms. The summed E-state index contributed by atoms with van der Waals surface area (Å²) in [5, 5.41) is 3.79. The smallest absolute Gasteiger partial charge is 0.341 e. The van der Waals surface area contributed by atoms with Gasteiger partial charge >= 0.3 is 5.97 Å². The summed E-state index contributed by atoms with van der Waals surface area (Å²) in [6.07, 6.45) is 4.12. The summed E-state index contributed by atoms with van der Waals surface area (Å²) in [7, 11) is 0. The Labute approximate surface area is 180 Å². The quantitative estimate of drug-likeness (QED) is 0.701. The van der Waals surface area contributed by atoms with Gasteiger partial charge in [-0.2, -0.15) is 0 Å². The molecule has 2 bridgehead atoms. The standard InChI is InChI=1S/C24H27NO4S/c1-2-29-24(27)21-17-10-11-28-13-18(17)30-23(21)25-22(26)20-16-9-8-15(12-16)19(20)14-6-4-3-5-7-14/h3-7,15-16,19-20H,2,8-13H2,1H3,(H,25,26)/t15-,16-,19?,20?/m0/s1. The Balaban J connectivity index is 1.45. The van der Waals surface area contributed by atoms with E-state index in [2.05, 4.69) is 29.6 Å². The topological polar surface area (TPSA) is 64.6 Å². The van der Waals surface area contributed by atoms with Crippen molar-refractivity contribution in [3.05, 3.63) is 51.9 Å². The molecule has 1 aromatic heterocycles. The number of hydrogen-bond donors (Lipinski definition) is 1. The lowest BCUT2D eigenvalue weighted by molar-refractivity contribution is -0.121. The molecule has 1 N–H and O–H groups in total. The summed E-state index contributed by atoms with van der Waals surface area (Å²) >= 11 is 1.46. The second kappa shape index (κ2) is 8.16. The molecule has 4 atom stereocenters. The van der Waals surface area contributed by atoms with Crippen LogP contribution in [-0.2, 0) is 27.3 Å². The Bertz CT molecular complexity index is 954. The molecule has 3 aliphatic rings. The van der Waals surface area contributed by atoms with Crippen molar-refractivity contribution in [2.45, 2.75) is 45.1 Å². The molecule has 6 heteroatoms. The van der Waals surface area contributed by atoms with Gasteiger partial charge in [0, 0.05) is 10.8 Å². The Kier molecular flexibility index (Phi) is 5.37. The number of fused-ring (bicyclic) bond motifs is 3. The molecule has 158 valence electrons. The molecular weight excluding hydrogens is 398 g/mol. The SMILES string of the molecule is CCOC(=O)c1c(NC(=O)C2C(c3ccccc3)[C@H]3CC[C@H]2C3)sc2c1CCOC2. The van der Waals surface area contributed by atoms with Gasteiger partial charge in [-0.15, -0.1) is 11.3 Å². The predicted molar refractivity (Wildman–Crippen MR) is 116 cm³/mol. The van der Waals surface area contributed by atoms with Crippen LogP contribution >= 0.6 is 11.3 Å². The van der Waals surface area contributed by atoms with Gasteiger partial charge in [0.2, 0.25) is 5.91 Å². The van der Waals surface area contributed by atoms with E-state index in [-0.39, 0.29) is 23.7 Å². The highest BCUT2D eigenvalue weighted by atomic mass is 32.1. The molecule has 1 amide bonds. The maximum atomic E-state index is 13.5. The number of ether oxygens (including phenoxy) is 2. The normalized spacial score (nSPS) is 27.0. The lowest BCUT2D eigenvalue weighted by atomic mass is 9.75.